The molecule has 5 heteroatoms. The third-order valence-electron chi connectivity index (χ3n) is 8.66. The first-order valence-corrected chi connectivity index (χ1v) is 15.6. The Labute approximate surface area is 273 Å². The van der Waals surface area contributed by atoms with E-state index in [4.69, 9.17) is 10.1 Å². The molecule has 5 aromatic rings. The summed E-state index contributed by atoms with van der Waals surface area (Å²) >= 11 is 1.89. The number of rotatable bonds is 2. The van der Waals surface area contributed by atoms with Gasteiger partial charge in [0.15, 0.2) is 5.78 Å². The number of aliphatic hydroxyl groups excluding tert-OH is 1. The maximum absolute atomic E-state index is 10.0. The van der Waals surface area contributed by atoms with E-state index in [9.17, 15) is 4.79 Å². The first-order chi connectivity index (χ1) is 19.6. The number of hydrogen-bond acceptors (Lipinski definition) is 4. The van der Waals surface area contributed by atoms with Crippen molar-refractivity contribution in [1.82, 2.24) is 4.98 Å². The van der Waals surface area contributed by atoms with Crippen LogP contribution in [0, 0.1) is 6.07 Å². The number of pyridine rings is 1. The van der Waals surface area contributed by atoms with Crippen LogP contribution in [-0.4, -0.2) is 15.9 Å². The Morgan fingerprint density at radius 2 is 1.53 bits per heavy atom. The average Bonchev–Trinajstić information content (AvgIpc) is 3.27. The van der Waals surface area contributed by atoms with Gasteiger partial charge in [-0.05, 0) is 83.0 Å². The van der Waals surface area contributed by atoms with Gasteiger partial charge in [0.05, 0.1) is 5.76 Å². The van der Waals surface area contributed by atoms with Crippen molar-refractivity contribution in [3.05, 3.63) is 89.3 Å². The fourth-order valence-electron chi connectivity index (χ4n) is 6.29. The van der Waals surface area contributed by atoms with Crippen LogP contribution in [0.15, 0.2) is 66.6 Å². The number of ketones is 1. The molecular formula is C38H42IrNO2S-. The van der Waals surface area contributed by atoms with Gasteiger partial charge >= 0.3 is 0 Å². The van der Waals surface area contributed by atoms with Crippen molar-refractivity contribution in [2.24, 2.45) is 0 Å². The Hall–Kier alpha value is -2.85. The molecule has 0 saturated heterocycles. The molecule has 0 spiro atoms. The molecule has 227 valence electrons. The number of allylic oxidation sites excluding steroid dienone is 2. The van der Waals surface area contributed by atoms with Gasteiger partial charge in [-0.25, -0.2) is 0 Å². The molecule has 2 aromatic heterocycles. The second-order valence-corrected chi connectivity index (χ2v) is 15.1. The minimum absolute atomic E-state index is 0. The second kappa shape index (κ2) is 11.9. The van der Waals surface area contributed by atoms with Crippen molar-refractivity contribution < 1.29 is 30.0 Å². The van der Waals surface area contributed by atoms with Crippen LogP contribution in [0.4, 0.5) is 0 Å². The molecule has 0 unspecified atom stereocenters. The van der Waals surface area contributed by atoms with Crippen molar-refractivity contribution in [2.45, 2.75) is 91.4 Å². The topological polar surface area (TPSA) is 50.2 Å². The van der Waals surface area contributed by atoms with Crippen molar-refractivity contribution in [3.63, 3.8) is 0 Å². The SMILES string of the molecule is CC(=O)/C=C(/C)O.CC(C)(C)c1c[c-]c(-c2nccc3c2sc2cc4c(cc23)C(C)(C)CCC4(C)C)c2ccccc12.[Ir]. The predicted octanol–water partition coefficient (Wildman–Crippen LogP) is 10.8. The Bertz CT molecular complexity index is 1870. The van der Waals surface area contributed by atoms with Gasteiger partial charge < -0.3 is 10.1 Å². The van der Waals surface area contributed by atoms with Crippen LogP contribution in [0.5, 0.6) is 0 Å². The molecule has 1 radical (unpaired) electrons. The summed E-state index contributed by atoms with van der Waals surface area (Å²) in [6, 6.07) is 21.8. The smallest absolute Gasteiger partial charge is 0.155 e. The molecule has 1 aliphatic rings. The van der Waals surface area contributed by atoms with Gasteiger partial charge in [-0.2, -0.15) is 0 Å². The minimum Gasteiger partial charge on any atom is -0.512 e. The zero-order valence-electron chi connectivity index (χ0n) is 26.7. The van der Waals surface area contributed by atoms with Gasteiger partial charge in [0.25, 0.3) is 0 Å². The number of benzene rings is 3. The van der Waals surface area contributed by atoms with Crippen LogP contribution in [-0.2, 0) is 41.1 Å². The summed E-state index contributed by atoms with van der Waals surface area (Å²) in [7, 11) is 0. The Morgan fingerprint density at radius 3 is 2.09 bits per heavy atom. The van der Waals surface area contributed by atoms with Crippen molar-refractivity contribution in [3.8, 4) is 11.3 Å². The molecule has 3 nitrogen and oxygen atoms in total. The van der Waals surface area contributed by atoms with Crippen LogP contribution in [0.3, 0.4) is 0 Å². The van der Waals surface area contributed by atoms with E-state index >= 15 is 0 Å². The Balaban J connectivity index is 0.000000475. The van der Waals surface area contributed by atoms with E-state index in [1.807, 2.05) is 17.5 Å². The molecule has 0 amide bonds. The zero-order chi connectivity index (χ0) is 30.6. The Morgan fingerprint density at radius 1 is 0.930 bits per heavy atom. The largest absolute Gasteiger partial charge is 0.512 e. The summed E-state index contributed by atoms with van der Waals surface area (Å²) in [6.45, 7) is 19.3. The van der Waals surface area contributed by atoms with E-state index in [0.29, 0.717) is 0 Å². The summed E-state index contributed by atoms with van der Waals surface area (Å²) in [5.74, 6) is -0.0625. The fraction of sp³-hybridized carbons (Fsp3) is 0.368. The first kappa shape index (κ1) is 33.1. The summed E-state index contributed by atoms with van der Waals surface area (Å²) in [5, 5.41) is 13.6. The number of carbonyl (C=O) groups excluding carboxylic acids is 1. The molecule has 0 saturated carbocycles. The number of nitrogens with zero attached hydrogens (tertiary/aromatic N) is 1. The van der Waals surface area contributed by atoms with Crippen LogP contribution in [0.25, 0.3) is 42.2 Å². The van der Waals surface area contributed by atoms with Gasteiger partial charge in [0.2, 0.25) is 0 Å². The van der Waals surface area contributed by atoms with E-state index in [0.717, 1.165) is 11.3 Å². The molecule has 0 atom stereocenters. The van der Waals surface area contributed by atoms with Crippen molar-refractivity contribution in [2.75, 3.05) is 0 Å². The van der Waals surface area contributed by atoms with Gasteiger partial charge in [0.1, 0.15) is 0 Å². The number of fused-ring (bicyclic) bond motifs is 5. The molecule has 0 aliphatic heterocycles. The number of thiophene rings is 1. The first-order valence-electron chi connectivity index (χ1n) is 14.8. The quantitative estimate of drug-likeness (QED) is 0.111. The van der Waals surface area contributed by atoms with Crippen molar-refractivity contribution in [1.29, 1.82) is 0 Å². The number of hydrogen-bond donors (Lipinski definition) is 1. The van der Waals surface area contributed by atoms with E-state index in [-0.39, 0.29) is 47.9 Å². The summed E-state index contributed by atoms with van der Waals surface area (Å²) in [5.41, 5.74) is 7.01. The van der Waals surface area contributed by atoms with Crippen LogP contribution < -0.4 is 0 Å². The van der Waals surface area contributed by atoms with E-state index in [1.54, 1.807) is 0 Å². The average molecular weight is 769 g/mol. The van der Waals surface area contributed by atoms with Gasteiger partial charge in [-0.15, -0.1) is 34.6 Å². The molecule has 0 bridgehead atoms. The number of aromatic nitrogens is 1. The van der Waals surface area contributed by atoms with Gasteiger partial charge in [0, 0.05) is 47.5 Å². The van der Waals surface area contributed by atoms with Crippen LogP contribution in [0.2, 0.25) is 0 Å². The summed E-state index contributed by atoms with van der Waals surface area (Å²) in [4.78, 5) is 15.0. The van der Waals surface area contributed by atoms with E-state index in [2.05, 4.69) is 103 Å². The van der Waals surface area contributed by atoms with Crippen LogP contribution >= 0.6 is 11.3 Å². The van der Waals surface area contributed by atoms with Crippen molar-refractivity contribution >= 4 is 48.1 Å². The minimum atomic E-state index is -0.125. The van der Waals surface area contributed by atoms with E-state index < -0.39 is 0 Å². The summed E-state index contributed by atoms with van der Waals surface area (Å²) in [6.07, 6.45) is 5.62. The molecule has 1 aliphatic carbocycles. The molecular weight excluding hydrogens is 727 g/mol. The summed E-state index contributed by atoms with van der Waals surface area (Å²) < 4.78 is 2.64. The maximum Gasteiger partial charge on any atom is 0.155 e. The molecule has 1 N–H and O–H groups in total. The standard InChI is InChI=1S/C33H34NS.C5H8O2.Ir/c1-31(2,3)25-13-12-22(20-10-8-9-11-21(20)25)29-30-23(14-17-34-29)24-18-26-27(19-28(24)35-30)33(6,7)16-15-32(26,4)5;1-4(6)3-5(2)7;/h8-11,13-14,17-19H,15-16H2,1-7H3;3,6H,1-2H3;/q-1;;/b;4-3-;. The zero-order valence-corrected chi connectivity index (χ0v) is 29.9. The maximum atomic E-state index is 10.0. The second-order valence-electron chi connectivity index (χ2n) is 14.1. The monoisotopic (exact) mass is 769 g/mol. The predicted molar refractivity (Wildman–Crippen MR) is 180 cm³/mol. The van der Waals surface area contributed by atoms with Gasteiger partial charge in [-0.1, -0.05) is 83.5 Å². The van der Waals surface area contributed by atoms with Crippen LogP contribution in [0.1, 0.15) is 91.8 Å². The fourth-order valence-corrected chi connectivity index (χ4v) is 7.50. The third-order valence-corrected chi connectivity index (χ3v) is 9.84. The number of aliphatic hydroxyl groups is 1. The van der Waals surface area contributed by atoms with E-state index in [1.165, 1.54) is 80.4 Å². The molecule has 0 fully saturated rings. The molecule has 6 rings (SSSR count). The third kappa shape index (κ3) is 6.36. The molecule has 2 heterocycles. The normalized spacial score (nSPS) is 15.9. The van der Waals surface area contributed by atoms with Gasteiger partial charge in [-0.3, -0.25) is 4.79 Å². The Kier molecular flexibility index (Phi) is 9.16. The number of carbonyl (C=O) groups is 1. The molecule has 3 aromatic carbocycles. The molecule has 43 heavy (non-hydrogen) atoms.